The molecule has 0 heterocycles. The highest BCUT2D eigenvalue weighted by atomic mass is 16.5. The molecule has 3 N–H and O–H groups in total. The van der Waals surface area contributed by atoms with Gasteiger partial charge >= 0.3 is 11.9 Å². The van der Waals surface area contributed by atoms with Crippen molar-refractivity contribution in [2.24, 2.45) is 11.8 Å². The standard InChI is InChI=1S/C35H67NO6/c1-29(2)23-19-15-11-7-5-9-13-17-21-25-31(27-33(38)36-32(28-37)35(40)41)42-34(39)26-22-18-14-10-6-8-12-16-20-24-30(3)4/h29-32,37H,5-28H2,1-4H3,(H,36,38)(H,40,41). The van der Waals surface area contributed by atoms with Gasteiger partial charge < -0.3 is 20.3 Å². The van der Waals surface area contributed by atoms with Crippen molar-refractivity contribution in [1.29, 1.82) is 0 Å². The minimum atomic E-state index is -1.35. The van der Waals surface area contributed by atoms with Crippen LogP contribution in [0.1, 0.15) is 175 Å². The maximum Gasteiger partial charge on any atom is 0.328 e. The largest absolute Gasteiger partial charge is 0.480 e. The van der Waals surface area contributed by atoms with E-state index in [4.69, 9.17) is 9.84 Å². The van der Waals surface area contributed by atoms with Crippen molar-refractivity contribution in [3.63, 3.8) is 0 Å². The Kier molecular flexibility index (Phi) is 27.1. The number of ether oxygens (including phenoxy) is 1. The molecular weight excluding hydrogens is 530 g/mol. The summed E-state index contributed by atoms with van der Waals surface area (Å²) < 4.78 is 5.69. The van der Waals surface area contributed by atoms with Gasteiger partial charge in [-0.3, -0.25) is 9.59 Å². The highest BCUT2D eigenvalue weighted by Crippen LogP contribution is 2.17. The topological polar surface area (TPSA) is 113 Å². The average Bonchev–Trinajstić information content (AvgIpc) is 2.92. The zero-order chi connectivity index (χ0) is 31.4. The van der Waals surface area contributed by atoms with Gasteiger partial charge in [0.15, 0.2) is 0 Å². The summed E-state index contributed by atoms with van der Waals surface area (Å²) >= 11 is 0. The molecule has 0 radical (unpaired) electrons. The lowest BCUT2D eigenvalue weighted by Gasteiger charge is -2.19. The summed E-state index contributed by atoms with van der Waals surface area (Å²) in [5.41, 5.74) is 0. The number of esters is 1. The monoisotopic (exact) mass is 597 g/mol. The number of aliphatic hydroxyl groups is 1. The molecule has 1 amide bonds. The van der Waals surface area contributed by atoms with E-state index in [9.17, 15) is 19.5 Å². The molecule has 0 aromatic heterocycles. The highest BCUT2D eigenvalue weighted by molar-refractivity contribution is 5.84. The Hall–Kier alpha value is -1.63. The lowest BCUT2D eigenvalue weighted by Crippen LogP contribution is -2.44. The molecular formula is C35H67NO6. The Morgan fingerprint density at radius 3 is 1.36 bits per heavy atom. The van der Waals surface area contributed by atoms with E-state index in [1.807, 2.05) is 0 Å². The zero-order valence-electron chi connectivity index (χ0n) is 27.8. The van der Waals surface area contributed by atoms with Gasteiger partial charge in [-0.2, -0.15) is 0 Å². The summed E-state index contributed by atoms with van der Waals surface area (Å²) in [4.78, 5) is 36.1. The van der Waals surface area contributed by atoms with E-state index in [2.05, 4.69) is 33.0 Å². The third-order valence-electron chi connectivity index (χ3n) is 8.00. The summed E-state index contributed by atoms with van der Waals surface area (Å²) in [6.07, 6.45) is 24.3. The maximum absolute atomic E-state index is 12.5. The van der Waals surface area contributed by atoms with Gasteiger partial charge in [0.1, 0.15) is 12.1 Å². The highest BCUT2D eigenvalue weighted by Gasteiger charge is 2.23. The second kappa shape index (κ2) is 28.2. The Morgan fingerprint density at radius 2 is 0.976 bits per heavy atom. The van der Waals surface area contributed by atoms with Gasteiger partial charge in [-0.25, -0.2) is 4.79 Å². The number of aliphatic hydroxyl groups excluding tert-OH is 1. The number of hydrogen-bond donors (Lipinski definition) is 3. The summed E-state index contributed by atoms with van der Waals surface area (Å²) in [5.74, 6) is -0.497. The van der Waals surface area contributed by atoms with E-state index in [-0.39, 0.29) is 12.4 Å². The van der Waals surface area contributed by atoms with Crippen LogP contribution in [0, 0.1) is 11.8 Å². The maximum atomic E-state index is 12.5. The number of aliphatic carboxylic acids is 1. The van der Waals surface area contributed by atoms with Crippen LogP contribution in [0.3, 0.4) is 0 Å². The number of rotatable bonds is 30. The van der Waals surface area contributed by atoms with Crippen LogP contribution in [-0.4, -0.2) is 46.8 Å². The van der Waals surface area contributed by atoms with E-state index in [1.54, 1.807) is 0 Å². The molecule has 0 saturated heterocycles. The summed E-state index contributed by atoms with van der Waals surface area (Å²) in [6, 6.07) is -1.35. The first-order valence-corrected chi connectivity index (χ1v) is 17.5. The molecule has 2 atom stereocenters. The molecule has 248 valence electrons. The number of unbranched alkanes of at least 4 members (excludes halogenated alkanes) is 16. The normalized spacial score (nSPS) is 12.9. The second-order valence-electron chi connectivity index (χ2n) is 13.2. The summed E-state index contributed by atoms with van der Waals surface area (Å²) in [7, 11) is 0. The molecule has 0 rings (SSSR count). The third kappa shape index (κ3) is 27.2. The van der Waals surface area contributed by atoms with Crippen molar-refractivity contribution in [3.05, 3.63) is 0 Å². The van der Waals surface area contributed by atoms with Crippen LogP contribution < -0.4 is 5.32 Å². The first kappa shape index (κ1) is 40.4. The number of nitrogens with one attached hydrogen (secondary N) is 1. The van der Waals surface area contributed by atoms with Crippen molar-refractivity contribution < 1.29 is 29.3 Å². The minimum absolute atomic E-state index is 0.0803. The second-order valence-corrected chi connectivity index (χ2v) is 13.2. The number of carbonyl (C=O) groups excluding carboxylic acids is 2. The van der Waals surface area contributed by atoms with Gasteiger partial charge in [-0.1, -0.05) is 143 Å². The Bertz CT molecular complexity index is 666. The molecule has 7 nitrogen and oxygen atoms in total. The fraction of sp³-hybridized carbons (Fsp3) is 0.914. The lowest BCUT2D eigenvalue weighted by atomic mass is 10.0. The van der Waals surface area contributed by atoms with Crippen molar-refractivity contribution in [2.75, 3.05) is 6.61 Å². The predicted octanol–water partition coefficient (Wildman–Crippen LogP) is 8.74. The SMILES string of the molecule is CC(C)CCCCCCCCCCCC(=O)OC(CCCCCCCCCCCC(C)C)CC(=O)NC(CO)C(=O)O. The van der Waals surface area contributed by atoms with Crippen molar-refractivity contribution in [1.82, 2.24) is 5.32 Å². The van der Waals surface area contributed by atoms with Gasteiger partial charge in [-0.05, 0) is 31.1 Å². The third-order valence-corrected chi connectivity index (χ3v) is 8.00. The molecule has 0 aliphatic carbocycles. The summed E-state index contributed by atoms with van der Waals surface area (Å²) in [6.45, 7) is 8.43. The number of carboxylic acid groups (broad SMARTS) is 1. The lowest BCUT2D eigenvalue weighted by molar-refractivity contribution is -0.152. The number of carboxylic acids is 1. The molecule has 0 aromatic rings. The fourth-order valence-corrected chi connectivity index (χ4v) is 5.31. The van der Waals surface area contributed by atoms with Crippen LogP contribution >= 0.6 is 0 Å². The molecule has 0 saturated carbocycles. The van der Waals surface area contributed by atoms with Crippen molar-refractivity contribution >= 4 is 17.8 Å². The number of hydrogen-bond acceptors (Lipinski definition) is 5. The van der Waals surface area contributed by atoms with Gasteiger partial charge in [-0.15, -0.1) is 0 Å². The average molecular weight is 598 g/mol. The zero-order valence-corrected chi connectivity index (χ0v) is 27.8. The van der Waals surface area contributed by atoms with E-state index in [0.29, 0.717) is 12.8 Å². The van der Waals surface area contributed by atoms with Gasteiger partial charge in [0.05, 0.1) is 13.0 Å². The smallest absolute Gasteiger partial charge is 0.328 e. The molecule has 0 aliphatic heterocycles. The van der Waals surface area contributed by atoms with Crippen molar-refractivity contribution in [2.45, 2.75) is 188 Å². The molecule has 0 aromatic carbocycles. The molecule has 42 heavy (non-hydrogen) atoms. The first-order chi connectivity index (χ1) is 20.1. The fourth-order valence-electron chi connectivity index (χ4n) is 5.31. The Labute approximate surface area is 258 Å². The Morgan fingerprint density at radius 1 is 0.595 bits per heavy atom. The molecule has 2 unspecified atom stereocenters. The predicted molar refractivity (Wildman–Crippen MR) is 172 cm³/mol. The van der Waals surface area contributed by atoms with Crippen LogP contribution in [0.2, 0.25) is 0 Å². The Balaban J connectivity index is 4.26. The number of amides is 1. The quantitative estimate of drug-likeness (QED) is 0.0563. The van der Waals surface area contributed by atoms with E-state index in [1.165, 1.54) is 89.9 Å². The van der Waals surface area contributed by atoms with Gasteiger partial charge in [0, 0.05) is 6.42 Å². The van der Waals surface area contributed by atoms with Gasteiger partial charge in [0.2, 0.25) is 5.91 Å². The van der Waals surface area contributed by atoms with Crippen LogP contribution in [-0.2, 0) is 19.1 Å². The van der Waals surface area contributed by atoms with Gasteiger partial charge in [0.25, 0.3) is 0 Å². The van der Waals surface area contributed by atoms with E-state index >= 15 is 0 Å². The summed E-state index contributed by atoms with van der Waals surface area (Å²) in [5, 5.41) is 20.6. The number of carbonyl (C=O) groups is 3. The molecule has 0 bridgehead atoms. The van der Waals surface area contributed by atoms with E-state index < -0.39 is 30.6 Å². The minimum Gasteiger partial charge on any atom is -0.480 e. The molecule has 0 fully saturated rings. The van der Waals surface area contributed by atoms with Crippen LogP contribution in [0.5, 0.6) is 0 Å². The van der Waals surface area contributed by atoms with Crippen LogP contribution in [0.15, 0.2) is 0 Å². The van der Waals surface area contributed by atoms with E-state index in [0.717, 1.165) is 50.4 Å². The molecule has 0 aliphatic rings. The van der Waals surface area contributed by atoms with Crippen LogP contribution in [0.25, 0.3) is 0 Å². The van der Waals surface area contributed by atoms with Crippen molar-refractivity contribution in [3.8, 4) is 0 Å². The van der Waals surface area contributed by atoms with Crippen LogP contribution in [0.4, 0.5) is 0 Å². The molecule has 0 spiro atoms. The molecule has 7 heteroatoms. The first-order valence-electron chi connectivity index (χ1n) is 17.5.